The second-order valence-corrected chi connectivity index (χ2v) is 7.36. The smallest absolute Gasteiger partial charge is 0.311 e. The monoisotopic (exact) mass is 403 g/mol. The first kappa shape index (κ1) is 19.2. The Morgan fingerprint density at radius 2 is 1.68 bits per heavy atom. The third-order valence-corrected chi connectivity index (χ3v) is 4.98. The van der Waals surface area contributed by atoms with Crippen LogP contribution in [0.3, 0.4) is 0 Å². The fourth-order valence-electron chi connectivity index (χ4n) is 2.28. The predicted molar refractivity (Wildman–Crippen MR) is 97.3 cm³/mol. The van der Waals surface area contributed by atoms with Crippen LogP contribution in [0.25, 0.3) is 11.3 Å². The van der Waals surface area contributed by atoms with Gasteiger partial charge in [-0.2, -0.15) is 0 Å². The number of carbonyl (C=O) groups excluding carboxylic acids is 2. The van der Waals surface area contributed by atoms with Gasteiger partial charge in [0.2, 0.25) is 5.91 Å². The van der Waals surface area contributed by atoms with E-state index in [1.54, 1.807) is 0 Å². The van der Waals surface area contributed by atoms with Gasteiger partial charge < -0.3 is 9.73 Å². The maximum absolute atomic E-state index is 13.0. The molecule has 1 aromatic heterocycles. The van der Waals surface area contributed by atoms with Crippen molar-refractivity contribution in [2.75, 3.05) is 5.32 Å². The summed E-state index contributed by atoms with van der Waals surface area (Å²) in [6.07, 6.45) is 1.34. The maximum atomic E-state index is 13.0. The summed E-state index contributed by atoms with van der Waals surface area (Å²) in [7, 11) is -3.96. The molecule has 0 saturated carbocycles. The number of halogens is 1. The quantitative estimate of drug-likeness (QED) is 0.676. The number of nitrogens with one attached hydrogen (secondary N) is 2. The zero-order chi connectivity index (χ0) is 20.3. The molecule has 0 unspecified atom stereocenters. The van der Waals surface area contributed by atoms with Crippen molar-refractivity contribution in [1.29, 1.82) is 0 Å². The van der Waals surface area contributed by atoms with Crippen molar-refractivity contribution in [2.24, 2.45) is 0 Å². The van der Waals surface area contributed by atoms with Gasteiger partial charge >= 0.3 is 5.91 Å². The molecule has 0 aliphatic rings. The van der Waals surface area contributed by atoms with Crippen molar-refractivity contribution >= 4 is 27.5 Å². The van der Waals surface area contributed by atoms with Crippen molar-refractivity contribution in [1.82, 2.24) is 9.71 Å². The first-order chi connectivity index (χ1) is 13.2. The third-order valence-electron chi connectivity index (χ3n) is 3.53. The normalized spacial score (nSPS) is 11.1. The number of oxazole rings is 1. The average Bonchev–Trinajstić information content (AvgIpc) is 3.12. The molecule has 0 fully saturated rings. The Balaban J connectivity index is 1.71. The molecule has 2 N–H and O–H groups in total. The highest BCUT2D eigenvalue weighted by molar-refractivity contribution is 7.90. The summed E-state index contributed by atoms with van der Waals surface area (Å²) < 4.78 is 44.0. The Morgan fingerprint density at radius 1 is 1.04 bits per heavy atom. The topological polar surface area (TPSA) is 118 Å². The van der Waals surface area contributed by atoms with Crippen molar-refractivity contribution in [3.63, 3.8) is 0 Å². The lowest BCUT2D eigenvalue weighted by atomic mass is 10.2. The van der Waals surface area contributed by atoms with E-state index in [2.05, 4.69) is 10.3 Å². The van der Waals surface area contributed by atoms with Crippen molar-refractivity contribution in [3.8, 4) is 11.3 Å². The predicted octanol–water partition coefficient (Wildman–Crippen LogP) is 2.56. The van der Waals surface area contributed by atoms with Crippen LogP contribution in [0.15, 0.2) is 64.0 Å². The van der Waals surface area contributed by atoms with E-state index in [0.29, 0.717) is 17.0 Å². The molecule has 28 heavy (non-hydrogen) atoms. The Hall–Kier alpha value is -3.53. The zero-order valence-electron chi connectivity index (χ0n) is 14.5. The van der Waals surface area contributed by atoms with Crippen LogP contribution < -0.4 is 10.0 Å². The molecule has 1 heterocycles. The van der Waals surface area contributed by atoms with Crippen LogP contribution in [0, 0.1) is 5.82 Å². The Bertz CT molecular complexity index is 1120. The van der Waals surface area contributed by atoms with Gasteiger partial charge in [-0.3, -0.25) is 9.59 Å². The van der Waals surface area contributed by atoms with Crippen molar-refractivity contribution in [3.05, 3.63) is 66.4 Å². The third kappa shape index (κ3) is 4.41. The van der Waals surface area contributed by atoms with E-state index in [4.69, 9.17) is 4.42 Å². The van der Waals surface area contributed by atoms with Gasteiger partial charge in [-0.1, -0.05) is 0 Å². The van der Waals surface area contributed by atoms with E-state index < -0.39 is 27.7 Å². The van der Waals surface area contributed by atoms with E-state index in [0.717, 1.165) is 6.92 Å². The van der Waals surface area contributed by atoms with E-state index in [1.165, 1.54) is 54.7 Å². The average molecular weight is 403 g/mol. The van der Waals surface area contributed by atoms with Gasteiger partial charge in [0.05, 0.1) is 11.1 Å². The summed E-state index contributed by atoms with van der Waals surface area (Å²) in [4.78, 5) is 26.9. The second-order valence-electron chi connectivity index (χ2n) is 5.68. The van der Waals surface area contributed by atoms with E-state index in [1.807, 2.05) is 4.72 Å². The van der Waals surface area contributed by atoms with Crippen LogP contribution in [-0.2, 0) is 14.8 Å². The summed E-state index contributed by atoms with van der Waals surface area (Å²) in [5.74, 6) is -1.68. The summed E-state index contributed by atoms with van der Waals surface area (Å²) in [5, 5.41) is 2.51. The van der Waals surface area contributed by atoms with Crippen LogP contribution in [0.1, 0.15) is 17.6 Å². The molecule has 144 valence electrons. The van der Waals surface area contributed by atoms with Gasteiger partial charge in [0.1, 0.15) is 5.82 Å². The van der Waals surface area contributed by atoms with E-state index >= 15 is 0 Å². The molecule has 0 aliphatic heterocycles. The van der Waals surface area contributed by atoms with Gasteiger partial charge in [0.15, 0.2) is 5.76 Å². The highest BCUT2D eigenvalue weighted by atomic mass is 32.2. The highest BCUT2D eigenvalue weighted by Crippen LogP contribution is 2.21. The summed E-state index contributed by atoms with van der Waals surface area (Å²) in [5.41, 5.74) is 0.855. The fourth-order valence-corrected chi connectivity index (χ4v) is 3.27. The summed E-state index contributed by atoms with van der Waals surface area (Å²) >= 11 is 0. The number of aromatic nitrogens is 1. The maximum Gasteiger partial charge on any atom is 0.311 e. The Morgan fingerprint density at radius 3 is 2.29 bits per heavy atom. The second kappa shape index (κ2) is 7.61. The Kier molecular flexibility index (Phi) is 5.23. The molecule has 0 atom stereocenters. The number of sulfonamides is 1. The largest absolute Gasteiger partial charge is 0.432 e. The highest BCUT2D eigenvalue weighted by Gasteiger charge is 2.17. The number of rotatable bonds is 5. The molecule has 2 aromatic carbocycles. The van der Waals surface area contributed by atoms with Crippen LogP contribution in [0.4, 0.5) is 10.1 Å². The fraction of sp³-hybridized carbons (Fsp3) is 0.0556. The van der Waals surface area contributed by atoms with Gasteiger partial charge in [0, 0.05) is 18.2 Å². The molecular formula is C18H14FN3O5S. The van der Waals surface area contributed by atoms with Gasteiger partial charge in [-0.15, -0.1) is 0 Å². The molecule has 8 nitrogen and oxygen atoms in total. The molecule has 2 amide bonds. The van der Waals surface area contributed by atoms with Crippen LogP contribution in [0.2, 0.25) is 0 Å². The molecule has 3 aromatic rings. The number of carbonyl (C=O) groups is 2. The summed E-state index contributed by atoms with van der Waals surface area (Å²) in [6.45, 7) is 1.09. The lowest BCUT2D eigenvalue weighted by Gasteiger charge is -2.06. The molecule has 10 heteroatoms. The first-order valence-corrected chi connectivity index (χ1v) is 9.39. The van der Waals surface area contributed by atoms with E-state index in [-0.39, 0.29) is 10.8 Å². The number of anilines is 1. The minimum Gasteiger partial charge on any atom is -0.432 e. The standard InChI is InChI=1S/C18H14FN3O5S/c1-11(23)22-28(25,26)15-8-6-14(7-9-15)21-17(24)18-20-10-16(27-18)12-2-4-13(19)5-3-12/h2-10H,1H3,(H,21,24)(H,22,23). The molecule has 3 rings (SSSR count). The van der Waals surface area contributed by atoms with Gasteiger partial charge in [-0.05, 0) is 48.5 Å². The van der Waals surface area contributed by atoms with Gasteiger partial charge in [0.25, 0.3) is 15.9 Å². The summed E-state index contributed by atoms with van der Waals surface area (Å²) in [6, 6.07) is 10.7. The zero-order valence-corrected chi connectivity index (χ0v) is 15.3. The molecule has 0 spiro atoms. The number of hydrogen-bond donors (Lipinski definition) is 2. The minimum atomic E-state index is -3.96. The molecule has 0 aliphatic carbocycles. The molecule has 0 bridgehead atoms. The van der Waals surface area contributed by atoms with Crippen LogP contribution in [-0.4, -0.2) is 25.2 Å². The van der Waals surface area contributed by atoms with E-state index in [9.17, 15) is 22.4 Å². The van der Waals surface area contributed by atoms with Crippen LogP contribution in [0.5, 0.6) is 0 Å². The molecular weight excluding hydrogens is 389 g/mol. The lowest BCUT2D eigenvalue weighted by Crippen LogP contribution is -2.28. The first-order valence-electron chi connectivity index (χ1n) is 7.91. The number of hydrogen-bond acceptors (Lipinski definition) is 6. The SMILES string of the molecule is CC(=O)NS(=O)(=O)c1ccc(NC(=O)c2ncc(-c3ccc(F)cc3)o2)cc1. The Labute approximate surface area is 159 Å². The number of benzene rings is 2. The molecule has 0 saturated heterocycles. The van der Waals surface area contributed by atoms with Crippen molar-refractivity contribution < 1.29 is 26.8 Å². The number of amides is 2. The number of nitrogens with zero attached hydrogens (tertiary/aromatic N) is 1. The van der Waals surface area contributed by atoms with Crippen LogP contribution >= 0.6 is 0 Å². The molecule has 0 radical (unpaired) electrons. The minimum absolute atomic E-state index is 0.129. The van der Waals surface area contributed by atoms with Crippen molar-refractivity contribution in [2.45, 2.75) is 11.8 Å². The van der Waals surface area contributed by atoms with Gasteiger partial charge in [-0.25, -0.2) is 22.5 Å². The lowest BCUT2D eigenvalue weighted by molar-refractivity contribution is -0.117.